The molecular formula is C16H14BrF3N2O. The maximum atomic E-state index is 12.9. The fourth-order valence-electron chi connectivity index (χ4n) is 2.96. The number of phenols is 1. The predicted molar refractivity (Wildman–Crippen MR) is 83.2 cm³/mol. The van der Waals surface area contributed by atoms with E-state index < -0.39 is 18.8 Å². The molecule has 0 saturated carbocycles. The van der Waals surface area contributed by atoms with Crippen LogP contribution in [0.15, 0.2) is 41.0 Å². The molecule has 3 nitrogen and oxygen atoms in total. The van der Waals surface area contributed by atoms with E-state index in [4.69, 9.17) is 0 Å². The molecule has 1 atom stereocenters. The topological polar surface area (TPSA) is 36.4 Å². The monoisotopic (exact) mass is 386 g/mol. The lowest BCUT2D eigenvalue weighted by Gasteiger charge is -2.37. The van der Waals surface area contributed by atoms with E-state index in [2.05, 4.69) is 20.9 Å². The van der Waals surface area contributed by atoms with Gasteiger partial charge in [0.05, 0.1) is 18.3 Å². The van der Waals surface area contributed by atoms with Crippen LogP contribution in [-0.2, 0) is 6.42 Å². The summed E-state index contributed by atoms with van der Waals surface area (Å²) in [6, 6.07) is 7.72. The molecule has 23 heavy (non-hydrogen) atoms. The molecule has 0 saturated heterocycles. The van der Waals surface area contributed by atoms with E-state index in [9.17, 15) is 18.3 Å². The summed E-state index contributed by atoms with van der Waals surface area (Å²) in [4.78, 5) is 5.67. The zero-order valence-electron chi connectivity index (χ0n) is 12.0. The molecular weight excluding hydrogens is 373 g/mol. The molecule has 0 aliphatic carbocycles. The van der Waals surface area contributed by atoms with Crippen LogP contribution in [0, 0.1) is 0 Å². The van der Waals surface area contributed by atoms with Crippen LogP contribution < -0.4 is 0 Å². The number of alkyl halides is 3. The number of pyridine rings is 1. The van der Waals surface area contributed by atoms with Crippen molar-refractivity contribution in [3.63, 3.8) is 0 Å². The SMILES string of the molecule is Oc1ccc2c(c1)CCN(CC(F)(F)F)C2c1ccc(Br)cn1. The third-order valence-corrected chi connectivity index (χ3v) is 4.34. The van der Waals surface area contributed by atoms with Crippen molar-refractivity contribution in [1.29, 1.82) is 0 Å². The van der Waals surface area contributed by atoms with Crippen molar-refractivity contribution in [1.82, 2.24) is 9.88 Å². The summed E-state index contributed by atoms with van der Waals surface area (Å²) in [7, 11) is 0. The maximum Gasteiger partial charge on any atom is 0.401 e. The van der Waals surface area contributed by atoms with Gasteiger partial charge >= 0.3 is 6.18 Å². The van der Waals surface area contributed by atoms with Gasteiger partial charge in [-0.15, -0.1) is 0 Å². The zero-order valence-corrected chi connectivity index (χ0v) is 13.6. The van der Waals surface area contributed by atoms with Crippen LogP contribution in [0.5, 0.6) is 5.75 Å². The number of aromatic hydroxyl groups is 1. The lowest BCUT2D eigenvalue weighted by Crippen LogP contribution is -2.42. The number of aromatic nitrogens is 1. The first-order valence-electron chi connectivity index (χ1n) is 7.07. The van der Waals surface area contributed by atoms with Gasteiger partial charge in [0.25, 0.3) is 0 Å². The van der Waals surface area contributed by atoms with Crippen LogP contribution in [0.2, 0.25) is 0 Å². The molecule has 0 spiro atoms. The van der Waals surface area contributed by atoms with E-state index in [1.165, 1.54) is 11.0 Å². The van der Waals surface area contributed by atoms with Gasteiger partial charge in [0, 0.05) is 17.2 Å². The van der Waals surface area contributed by atoms with Crippen LogP contribution in [0.4, 0.5) is 13.2 Å². The first-order valence-corrected chi connectivity index (χ1v) is 7.87. The van der Waals surface area contributed by atoms with E-state index in [1.807, 2.05) is 0 Å². The summed E-state index contributed by atoms with van der Waals surface area (Å²) in [5.74, 6) is 0.121. The van der Waals surface area contributed by atoms with Gasteiger partial charge in [-0.2, -0.15) is 13.2 Å². The molecule has 1 aliphatic rings. The molecule has 0 amide bonds. The molecule has 0 fully saturated rings. The smallest absolute Gasteiger partial charge is 0.401 e. The fourth-order valence-corrected chi connectivity index (χ4v) is 3.20. The largest absolute Gasteiger partial charge is 0.508 e. The summed E-state index contributed by atoms with van der Waals surface area (Å²) in [5, 5.41) is 9.62. The normalized spacial score (nSPS) is 18.7. The summed E-state index contributed by atoms with van der Waals surface area (Å²) in [5.41, 5.74) is 2.18. The number of rotatable bonds is 2. The highest BCUT2D eigenvalue weighted by molar-refractivity contribution is 9.10. The molecule has 2 heterocycles. The lowest BCUT2D eigenvalue weighted by atomic mass is 9.90. The average molecular weight is 387 g/mol. The summed E-state index contributed by atoms with van der Waals surface area (Å²) >= 11 is 3.29. The van der Waals surface area contributed by atoms with Crippen LogP contribution in [0.25, 0.3) is 0 Å². The number of benzene rings is 1. The van der Waals surface area contributed by atoms with Crippen molar-refractivity contribution in [2.24, 2.45) is 0 Å². The molecule has 1 N–H and O–H groups in total. The van der Waals surface area contributed by atoms with Crippen LogP contribution in [0.1, 0.15) is 22.9 Å². The Morgan fingerprint density at radius 1 is 1.26 bits per heavy atom. The van der Waals surface area contributed by atoms with Crippen molar-refractivity contribution in [2.75, 3.05) is 13.1 Å². The lowest BCUT2D eigenvalue weighted by molar-refractivity contribution is -0.150. The number of halogens is 4. The Bertz CT molecular complexity index is 703. The Hall–Kier alpha value is -1.60. The Kier molecular flexibility index (Phi) is 4.33. The summed E-state index contributed by atoms with van der Waals surface area (Å²) in [6.45, 7) is -0.728. The number of nitrogens with zero attached hydrogens (tertiary/aromatic N) is 2. The van der Waals surface area contributed by atoms with E-state index in [-0.39, 0.29) is 12.3 Å². The standard InChI is InChI=1S/C16H14BrF3N2O/c17-11-1-4-14(21-8-11)15-13-3-2-12(23)7-10(13)5-6-22(15)9-16(18,19)20/h1-4,7-8,15,23H,5-6,9H2. The second-order valence-corrected chi connectivity index (χ2v) is 6.44. The number of phenolic OH excluding ortho intramolecular Hbond substituents is 1. The fraction of sp³-hybridized carbons (Fsp3) is 0.312. The van der Waals surface area contributed by atoms with Gasteiger partial charge in [0.1, 0.15) is 5.75 Å². The summed E-state index contributed by atoms with van der Waals surface area (Å²) in [6.07, 6.45) is -2.23. The molecule has 1 unspecified atom stereocenters. The van der Waals surface area contributed by atoms with Crippen molar-refractivity contribution < 1.29 is 18.3 Å². The van der Waals surface area contributed by atoms with Gasteiger partial charge in [-0.25, -0.2) is 0 Å². The van der Waals surface area contributed by atoms with Crippen molar-refractivity contribution in [2.45, 2.75) is 18.6 Å². The molecule has 0 radical (unpaired) electrons. The van der Waals surface area contributed by atoms with Crippen molar-refractivity contribution in [3.05, 3.63) is 57.8 Å². The van der Waals surface area contributed by atoms with Gasteiger partial charge in [-0.05, 0) is 57.7 Å². The first kappa shape index (κ1) is 16.3. The molecule has 2 aromatic rings. The minimum atomic E-state index is -4.28. The van der Waals surface area contributed by atoms with Crippen LogP contribution in [0.3, 0.4) is 0 Å². The highest BCUT2D eigenvalue weighted by Crippen LogP contribution is 2.37. The molecule has 3 rings (SSSR count). The minimum absolute atomic E-state index is 0.121. The second-order valence-electron chi connectivity index (χ2n) is 5.52. The van der Waals surface area contributed by atoms with Crippen molar-refractivity contribution in [3.8, 4) is 5.75 Å². The van der Waals surface area contributed by atoms with Gasteiger partial charge in [0.2, 0.25) is 0 Å². The van der Waals surface area contributed by atoms with Crippen LogP contribution >= 0.6 is 15.9 Å². The third-order valence-electron chi connectivity index (χ3n) is 3.87. The van der Waals surface area contributed by atoms with Gasteiger partial charge in [0.15, 0.2) is 0 Å². The number of hydrogen-bond donors (Lipinski definition) is 1. The Balaban J connectivity index is 2.05. The number of fused-ring (bicyclic) bond motifs is 1. The minimum Gasteiger partial charge on any atom is -0.508 e. The molecule has 1 aromatic heterocycles. The highest BCUT2D eigenvalue weighted by atomic mass is 79.9. The molecule has 1 aliphatic heterocycles. The Morgan fingerprint density at radius 3 is 2.70 bits per heavy atom. The number of hydrogen-bond acceptors (Lipinski definition) is 3. The zero-order chi connectivity index (χ0) is 16.6. The quantitative estimate of drug-likeness (QED) is 0.845. The van der Waals surface area contributed by atoms with Gasteiger partial charge < -0.3 is 5.11 Å². The van der Waals surface area contributed by atoms with E-state index >= 15 is 0 Å². The second kappa shape index (κ2) is 6.13. The molecule has 122 valence electrons. The van der Waals surface area contributed by atoms with Gasteiger partial charge in [-0.3, -0.25) is 9.88 Å². The first-order chi connectivity index (χ1) is 10.8. The third kappa shape index (κ3) is 3.67. The van der Waals surface area contributed by atoms with Crippen molar-refractivity contribution >= 4 is 15.9 Å². The van der Waals surface area contributed by atoms with E-state index in [0.717, 1.165) is 15.6 Å². The summed E-state index contributed by atoms with van der Waals surface area (Å²) < 4.78 is 39.5. The van der Waals surface area contributed by atoms with Crippen LogP contribution in [-0.4, -0.2) is 34.3 Å². The van der Waals surface area contributed by atoms with E-state index in [0.29, 0.717) is 12.1 Å². The van der Waals surface area contributed by atoms with Gasteiger partial charge in [-0.1, -0.05) is 6.07 Å². The maximum absolute atomic E-state index is 12.9. The Morgan fingerprint density at radius 2 is 2.04 bits per heavy atom. The van der Waals surface area contributed by atoms with E-state index in [1.54, 1.807) is 30.5 Å². The average Bonchev–Trinajstić information content (AvgIpc) is 2.47. The highest BCUT2D eigenvalue weighted by Gasteiger charge is 2.38. The molecule has 1 aromatic carbocycles. The molecule has 7 heteroatoms. The Labute approximate surface area is 139 Å². The predicted octanol–water partition coefficient (Wildman–Crippen LogP) is 4.06. The molecule has 0 bridgehead atoms.